The van der Waals surface area contributed by atoms with Crippen LogP contribution in [0.1, 0.15) is 16.1 Å². The summed E-state index contributed by atoms with van der Waals surface area (Å²) in [4.78, 5) is 13.2. The third kappa shape index (κ3) is 4.07. The third-order valence-corrected chi connectivity index (χ3v) is 5.86. The number of rotatable bonds is 4. The normalized spacial score (nSPS) is 10.8. The molecule has 0 amide bonds. The lowest BCUT2D eigenvalue weighted by molar-refractivity contribution is 0.101. The molecule has 1 heterocycles. The van der Waals surface area contributed by atoms with Crippen molar-refractivity contribution in [1.82, 2.24) is 0 Å². The predicted molar refractivity (Wildman–Crippen MR) is 123 cm³/mol. The average molecular weight is 561 g/mol. The van der Waals surface area contributed by atoms with Crippen LogP contribution in [0, 0.1) is 0 Å². The Morgan fingerprint density at radius 3 is 1.96 bits per heavy atom. The fourth-order valence-corrected chi connectivity index (χ4v) is 3.85. The number of carbonyl (C=O) groups excluding carboxylic acids is 1. The van der Waals surface area contributed by atoms with Crippen molar-refractivity contribution >= 4 is 53.6 Å². The summed E-state index contributed by atoms with van der Waals surface area (Å²) in [5.74, 6) is 0.840. The lowest BCUT2D eigenvalue weighted by atomic mass is 10.0. The zero-order chi connectivity index (χ0) is 19.7. The summed E-state index contributed by atoms with van der Waals surface area (Å²) >= 11 is 10.4. The molecule has 28 heavy (non-hydrogen) atoms. The number of benzene rings is 3. The molecule has 0 spiro atoms. The van der Waals surface area contributed by atoms with Gasteiger partial charge in [0, 0.05) is 30.1 Å². The largest absolute Gasteiger partial charge is 0.452 e. The number of hydrogen-bond acceptors (Lipinski definition) is 2. The van der Waals surface area contributed by atoms with Crippen molar-refractivity contribution in [3.05, 3.63) is 104 Å². The maximum absolute atomic E-state index is 13.2. The lowest BCUT2D eigenvalue weighted by Gasteiger charge is -2.03. The van der Waals surface area contributed by atoms with Crippen LogP contribution in [0.4, 0.5) is 0 Å². The SMILES string of the molecule is O=C(c1ccc(Br)cc1)c1oc(-c2ccc(Br)cc2)cc1-c1cccc(Br)c1. The van der Waals surface area contributed by atoms with Crippen LogP contribution in [0.15, 0.2) is 96.7 Å². The van der Waals surface area contributed by atoms with Gasteiger partial charge in [-0.1, -0.05) is 72.1 Å². The van der Waals surface area contributed by atoms with Gasteiger partial charge in [0.1, 0.15) is 5.76 Å². The Hall–Kier alpha value is -1.95. The van der Waals surface area contributed by atoms with Crippen LogP contribution in [0.2, 0.25) is 0 Å². The summed E-state index contributed by atoms with van der Waals surface area (Å²) in [6.07, 6.45) is 0. The van der Waals surface area contributed by atoms with Crippen LogP contribution >= 0.6 is 47.8 Å². The van der Waals surface area contributed by atoms with Crippen molar-refractivity contribution < 1.29 is 9.21 Å². The van der Waals surface area contributed by atoms with E-state index in [1.807, 2.05) is 66.7 Å². The Bertz CT molecular complexity index is 1140. The van der Waals surface area contributed by atoms with Gasteiger partial charge in [0.2, 0.25) is 5.78 Å². The third-order valence-electron chi connectivity index (χ3n) is 4.31. The van der Waals surface area contributed by atoms with E-state index in [4.69, 9.17) is 4.42 Å². The topological polar surface area (TPSA) is 30.2 Å². The zero-order valence-corrected chi connectivity index (χ0v) is 19.2. The van der Waals surface area contributed by atoms with E-state index in [0.717, 1.165) is 30.1 Å². The first kappa shape index (κ1) is 19.4. The van der Waals surface area contributed by atoms with Gasteiger partial charge in [-0.15, -0.1) is 0 Å². The molecule has 5 heteroatoms. The molecular formula is C23H13Br3O2. The van der Waals surface area contributed by atoms with Crippen LogP contribution in [0.3, 0.4) is 0 Å². The van der Waals surface area contributed by atoms with Gasteiger partial charge in [-0.3, -0.25) is 4.79 Å². The summed E-state index contributed by atoms with van der Waals surface area (Å²) in [5, 5.41) is 0. The maximum Gasteiger partial charge on any atom is 0.228 e. The van der Waals surface area contributed by atoms with Crippen molar-refractivity contribution in [2.24, 2.45) is 0 Å². The van der Waals surface area contributed by atoms with E-state index in [-0.39, 0.29) is 5.78 Å². The highest BCUT2D eigenvalue weighted by Gasteiger charge is 2.22. The number of carbonyl (C=O) groups is 1. The van der Waals surface area contributed by atoms with Crippen LogP contribution in [-0.4, -0.2) is 5.78 Å². The van der Waals surface area contributed by atoms with Gasteiger partial charge >= 0.3 is 0 Å². The molecule has 0 aliphatic carbocycles. The lowest BCUT2D eigenvalue weighted by Crippen LogP contribution is -2.01. The van der Waals surface area contributed by atoms with Gasteiger partial charge in [0.15, 0.2) is 5.76 Å². The van der Waals surface area contributed by atoms with Gasteiger partial charge < -0.3 is 4.42 Å². The minimum absolute atomic E-state index is 0.147. The average Bonchev–Trinajstić information content (AvgIpc) is 3.14. The van der Waals surface area contributed by atoms with E-state index < -0.39 is 0 Å². The molecule has 0 bridgehead atoms. The second-order valence-corrected chi connectivity index (χ2v) is 8.95. The van der Waals surface area contributed by atoms with Crippen molar-refractivity contribution in [3.8, 4) is 22.5 Å². The Kier molecular flexibility index (Phi) is 5.67. The smallest absolute Gasteiger partial charge is 0.228 e. The van der Waals surface area contributed by atoms with Crippen LogP contribution < -0.4 is 0 Å². The second-order valence-electron chi connectivity index (χ2n) is 6.21. The van der Waals surface area contributed by atoms with Gasteiger partial charge in [-0.25, -0.2) is 0 Å². The molecule has 0 radical (unpaired) electrons. The molecule has 0 N–H and O–H groups in total. The van der Waals surface area contributed by atoms with Crippen LogP contribution in [0.5, 0.6) is 0 Å². The van der Waals surface area contributed by atoms with E-state index in [1.54, 1.807) is 12.1 Å². The highest BCUT2D eigenvalue weighted by molar-refractivity contribution is 9.11. The standard InChI is InChI=1S/C23H13Br3O2/c24-17-8-4-14(5-9-17)21-13-20(16-2-1-3-19(26)12-16)23(28-21)22(27)15-6-10-18(25)11-7-15/h1-13H. The molecule has 0 atom stereocenters. The van der Waals surface area contributed by atoms with E-state index in [2.05, 4.69) is 47.8 Å². The molecule has 0 saturated carbocycles. The Balaban J connectivity index is 1.86. The summed E-state index contributed by atoms with van der Waals surface area (Å²) in [7, 11) is 0. The van der Waals surface area contributed by atoms with Gasteiger partial charge in [0.25, 0.3) is 0 Å². The summed E-state index contributed by atoms with van der Waals surface area (Å²) in [6.45, 7) is 0. The molecule has 4 aromatic rings. The van der Waals surface area contributed by atoms with E-state index in [9.17, 15) is 4.79 Å². The van der Waals surface area contributed by atoms with Gasteiger partial charge in [0.05, 0.1) is 0 Å². The molecule has 0 aliphatic rings. The molecule has 2 nitrogen and oxygen atoms in total. The fraction of sp³-hybridized carbons (Fsp3) is 0. The highest BCUT2D eigenvalue weighted by Crippen LogP contribution is 2.35. The molecule has 0 fully saturated rings. The maximum atomic E-state index is 13.2. The van der Waals surface area contributed by atoms with Crippen molar-refractivity contribution in [1.29, 1.82) is 0 Å². The first-order chi connectivity index (χ1) is 13.5. The van der Waals surface area contributed by atoms with E-state index in [1.165, 1.54) is 0 Å². The minimum atomic E-state index is -0.147. The molecule has 1 aromatic heterocycles. The van der Waals surface area contributed by atoms with Gasteiger partial charge in [-0.2, -0.15) is 0 Å². The van der Waals surface area contributed by atoms with Crippen molar-refractivity contribution in [2.75, 3.05) is 0 Å². The quantitative estimate of drug-likeness (QED) is 0.236. The van der Waals surface area contributed by atoms with E-state index >= 15 is 0 Å². The molecule has 0 aliphatic heterocycles. The molecule has 3 aromatic carbocycles. The first-order valence-electron chi connectivity index (χ1n) is 8.47. The minimum Gasteiger partial charge on any atom is -0.452 e. The summed E-state index contributed by atoms with van der Waals surface area (Å²) < 4.78 is 8.94. The highest BCUT2D eigenvalue weighted by atomic mass is 79.9. The molecule has 0 unspecified atom stereocenters. The Morgan fingerprint density at radius 1 is 0.679 bits per heavy atom. The summed E-state index contributed by atoms with van der Waals surface area (Å²) in [5.41, 5.74) is 3.18. The first-order valence-corrected chi connectivity index (χ1v) is 10.8. The number of ketones is 1. The van der Waals surface area contributed by atoms with Crippen LogP contribution in [0.25, 0.3) is 22.5 Å². The molecule has 0 saturated heterocycles. The molecule has 4 rings (SSSR count). The van der Waals surface area contributed by atoms with Crippen molar-refractivity contribution in [2.45, 2.75) is 0 Å². The summed E-state index contributed by atoms with van der Waals surface area (Å²) in [6, 6.07) is 24.9. The Morgan fingerprint density at radius 2 is 1.32 bits per heavy atom. The zero-order valence-electron chi connectivity index (χ0n) is 14.5. The van der Waals surface area contributed by atoms with Crippen LogP contribution in [-0.2, 0) is 0 Å². The Labute approximate surface area is 188 Å². The number of furan rings is 1. The monoisotopic (exact) mass is 558 g/mol. The second kappa shape index (κ2) is 8.19. The van der Waals surface area contributed by atoms with Gasteiger partial charge in [-0.05, 0) is 60.2 Å². The predicted octanol–water partition coefficient (Wildman–Crippen LogP) is 8.13. The molecular weight excluding hydrogens is 548 g/mol. The number of hydrogen-bond donors (Lipinski definition) is 0. The number of halogens is 3. The van der Waals surface area contributed by atoms with Crippen molar-refractivity contribution in [3.63, 3.8) is 0 Å². The fourth-order valence-electron chi connectivity index (χ4n) is 2.92. The molecule has 138 valence electrons. The van der Waals surface area contributed by atoms with E-state index in [0.29, 0.717) is 17.1 Å².